The number of oxime groups is 1. The van der Waals surface area contributed by atoms with Crippen molar-refractivity contribution in [3.8, 4) is 0 Å². The highest BCUT2D eigenvalue weighted by Crippen LogP contribution is 2.09. The summed E-state index contributed by atoms with van der Waals surface area (Å²) in [4.78, 5) is -0.0666. The van der Waals surface area contributed by atoms with E-state index in [2.05, 4.69) is 21.1 Å². The Hall–Kier alpha value is -1.70. The van der Waals surface area contributed by atoms with E-state index in [9.17, 15) is 8.42 Å². The van der Waals surface area contributed by atoms with Gasteiger partial charge in [0.2, 0.25) is 0 Å². The van der Waals surface area contributed by atoms with Crippen LogP contribution in [-0.4, -0.2) is 24.4 Å². The Bertz CT molecular complexity index is 695. The molecule has 0 bridgehead atoms. The van der Waals surface area contributed by atoms with E-state index in [1.54, 1.807) is 12.1 Å². The first-order valence-corrected chi connectivity index (χ1v) is 8.03. The molecule has 2 rings (SSSR count). The van der Waals surface area contributed by atoms with E-state index in [1.165, 1.54) is 18.3 Å². The van der Waals surface area contributed by atoms with Gasteiger partial charge in [-0.15, -0.1) is 0 Å². The van der Waals surface area contributed by atoms with Crippen LogP contribution in [0.25, 0.3) is 0 Å². The maximum Gasteiger partial charge on any atom is 0.294 e. The molecule has 0 aliphatic heterocycles. The third-order valence-electron chi connectivity index (χ3n) is 2.40. The van der Waals surface area contributed by atoms with Crippen LogP contribution in [0.1, 0.15) is 11.1 Å². The number of aryl methyl sites for hydroxylation is 1. The van der Waals surface area contributed by atoms with E-state index in [1.807, 2.05) is 31.2 Å². The van der Waals surface area contributed by atoms with Crippen molar-refractivity contribution in [3.63, 3.8) is 0 Å². The van der Waals surface area contributed by atoms with E-state index in [4.69, 9.17) is 9.76 Å². The van der Waals surface area contributed by atoms with Crippen molar-refractivity contribution < 1.29 is 18.2 Å². The van der Waals surface area contributed by atoms with Gasteiger partial charge in [-0.1, -0.05) is 50.9 Å². The van der Waals surface area contributed by atoms with E-state index < -0.39 is 10.1 Å². The van der Waals surface area contributed by atoms with E-state index >= 15 is 0 Å². The molecule has 7 heteroatoms. The molecule has 112 valence electrons. The maximum atomic E-state index is 10.5. The van der Waals surface area contributed by atoms with Gasteiger partial charge in [0.1, 0.15) is 0 Å². The van der Waals surface area contributed by atoms with Crippen molar-refractivity contribution in [3.05, 3.63) is 64.1 Å². The van der Waals surface area contributed by atoms with Gasteiger partial charge < -0.3 is 5.21 Å². The van der Waals surface area contributed by atoms with E-state index in [-0.39, 0.29) is 4.90 Å². The van der Waals surface area contributed by atoms with Crippen LogP contribution in [0.15, 0.2) is 63.1 Å². The lowest BCUT2D eigenvalue weighted by Crippen LogP contribution is -1.96. The molecule has 0 amide bonds. The molecule has 2 aromatic carbocycles. The SMILES string of the molecule is Cc1ccc(S(=O)(=O)O)cc1.ON=Cc1ccc(Br)cc1. The largest absolute Gasteiger partial charge is 0.411 e. The van der Waals surface area contributed by atoms with Crippen molar-refractivity contribution >= 4 is 32.3 Å². The number of hydrogen-bond donors (Lipinski definition) is 2. The predicted molar refractivity (Wildman–Crippen MR) is 84.5 cm³/mol. The van der Waals surface area contributed by atoms with Crippen molar-refractivity contribution in [1.82, 2.24) is 0 Å². The lowest BCUT2D eigenvalue weighted by atomic mass is 10.2. The van der Waals surface area contributed by atoms with Gasteiger partial charge in [-0.2, -0.15) is 8.42 Å². The van der Waals surface area contributed by atoms with Crippen LogP contribution in [0.5, 0.6) is 0 Å². The molecule has 0 saturated heterocycles. The monoisotopic (exact) mass is 371 g/mol. The summed E-state index contributed by atoms with van der Waals surface area (Å²) in [5, 5.41) is 11.0. The average molecular weight is 372 g/mol. The Labute approximate surface area is 131 Å². The van der Waals surface area contributed by atoms with Crippen LogP contribution in [-0.2, 0) is 10.1 Å². The zero-order valence-electron chi connectivity index (χ0n) is 11.1. The van der Waals surface area contributed by atoms with Crippen LogP contribution in [0.2, 0.25) is 0 Å². The number of halogens is 1. The van der Waals surface area contributed by atoms with Crippen LogP contribution in [0.3, 0.4) is 0 Å². The van der Waals surface area contributed by atoms with Gasteiger partial charge in [0.15, 0.2) is 0 Å². The molecule has 0 saturated carbocycles. The van der Waals surface area contributed by atoms with E-state index in [0.717, 1.165) is 15.6 Å². The van der Waals surface area contributed by atoms with Gasteiger partial charge >= 0.3 is 0 Å². The first-order valence-electron chi connectivity index (χ1n) is 5.80. The highest BCUT2D eigenvalue weighted by Gasteiger charge is 2.06. The molecule has 0 aliphatic carbocycles. The summed E-state index contributed by atoms with van der Waals surface area (Å²) in [7, 11) is -4.02. The van der Waals surface area contributed by atoms with Crippen LogP contribution >= 0.6 is 15.9 Å². The maximum absolute atomic E-state index is 10.5. The van der Waals surface area contributed by atoms with Gasteiger partial charge in [-0.05, 0) is 36.8 Å². The first-order chi connectivity index (χ1) is 9.82. The summed E-state index contributed by atoms with van der Waals surface area (Å²) in [6, 6.07) is 13.5. The second kappa shape index (κ2) is 7.92. The fourth-order valence-corrected chi connectivity index (χ4v) is 2.07. The molecule has 21 heavy (non-hydrogen) atoms. The molecule has 5 nitrogen and oxygen atoms in total. The first kappa shape index (κ1) is 17.4. The molecule has 2 aromatic rings. The molecule has 0 heterocycles. The van der Waals surface area contributed by atoms with Gasteiger partial charge in [0.05, 0.1) is 11.1 Å². The van der Waals surface area contributed by atoms with Crippen molar-refractivity contribution in [2.45, 2.75) is 11.8 Å². The fraction of sp³-hybridized carbons (Fsp3) is 0.0714. The normalized spacial score (nSPS) is 11.0. The molecule has 2 N–H and O–H groups in total. The topological polar surface area (TPSA) is 87.0 Å². The minimum absolute atomic E-state index is 0.0666. The number of rotatable bonds is 2. The number of nitrogens with zero attached hydrogens (tertiary/aromatic N) is 1. The summed E-state index contributed by atoms with van der Waals surface area (Å²) in [5.41, 5.74) is 1.84. The summed E-state index contributed by atoms with van der Waals surface area (Å²) in [5.74, 6) is 0. The number of benzene rings is 2. The van der Waals surface area contributed by atoms with Crippen molar-refractivity contribution in [2.24, 2.45) is 5.16 Å². The van der Waals surface area contributed by atoms with Crippen LogP contribution < -0.4 is 0 Å². The lowest BCUT2D eigenvalue weighted by molar-refractivity contribution is 0.322. The Kier molecular flexibility index (Phi) is 6.54. The molecule has 0 spiro atoms. The molecule has 0 atom stereocenters. The van der Waals surface area contributed by atoms with Crippen molar-refractivity contribution in [2.75, 3.05) is 0 Å². The molecule has 0 unspecified atom stereocenters. The van der Waals surface area contributed by atoms with Crippen LogP contribution in [0.4, 0.5) is 0 Å². The smallest absolute Gasteiger partial charge is 0.294 e. The van der Waals surface area contributed by atoms with Gasteiger partial charge in [-0.25, -0.2) is 0 Å². The third-order valence-corrected chi connectivity index (χ3v) is 3.79. The zero-order valence-corrected chi connectivity index (χ0v) is 13.5. The minimum atomic E-state index is -4.02. The van der Waals surface area contributed by atoms with Gasteiger partial charge in [0, 0.05) is 4.47 Å². The predicted octanol–water partition coefficient (Wildman–Crippen LogP) is 3.50. The van der Waals surface area contributed by atoms with Crippen LogP contribution in [0, 0.1) is 6.92 Å². The zero-order chi connectivity index (χ0) is 15.9. The molecular weight excluding hydrogens is 358 g/mol. The fourth-order valence-electron chi connectivity index (χ4n) is 1.33. The Morgan fingerprint density at radius 3 is 2.00 bits per heavy atom. The van der Waals surface area contributed by atoms with Gasteiger partial charge in [0.25, 0.3) is 10.1 Å². The van der Waals surface area contributed by atoms with E-state index in [0.29, 0.717) is 0 Å². The Morgan fingerprint density at radius 2 is 1.57 bits per heavy atom. The highest BCUT2D eigenvalue weighted by molar-refractivity contribution is 9.10. The summed E-state index contributed by atoms with van der Waals surface area (Å²) in [6.45, 7) is 1.84. The molecular formula is C14H14BrNO4S. The second-order valence-electron chi connectivity index (χ2n) is 4.08. The van der Waals surface area contributed by atoms with Gasteiger partial charge in [-0.3, -0.25) is 4.55 Å². The second-order valence-corrected chi connectivity index (χ2v) is 6.42. The lowest BCUT2D eigenvalue weighted by Gasteiger charge is -1.95. The molecule has 0 aromatic heterocycles. The third kappa shape index (κ3) is 6.52. The summed E-state index contributed by atoms with van der Waals surface area (Å²) >= 11 is 3.29. The standard InChI is InChI=1S/C7H6BrNO.C7H8O3S/c8-7-3-1-6(2-4-7)5-9-10;1-6-2-4-7(5-3-6)11(8,9)10/h1-5,10H;2-5H,1H3,(H,8,9,10). The Balaban J connectivity index is 0.000000211. The average Bonchev–Trinajstić information content (AvgIpc) is 2.42. The quantitative estimate of drug-likeness (QED) is 0.366. The number of hydrogen-bond acceptors (Lipinski definition) is 4. The Morgan fingerprint density at radius 1 is 1.05 bits per heavy atom. The summed E-state index contributed by atoms with van der Waals surface area (Å²) < 4.78 is 30.6. The molecule has 0 radical (unpaired) electrons. The minimum Gasteiger partial charge on any atom is -0.411 e. The molecule has 0 fully saturated rings. The molecule has 0 aliphatic rings. The summed E-state index contributed by atoms with van der Waals surface area (Å²) in [6.07, 6.45) is 1.38. The van der Waals surface area contributed by atoms with Crippen molar-refractivity contribution in [1.29, 1.82) is 0 Å². The highest BCUT2D eigenvalue weighted by atomic mass is 79.9.